The zero-order valence-electron chi connectivity index (χ0n) is 9.60. The highest BCUT2D eigenvalue weighted by molar-refractivity contribution is 6.39. The van der Waals surface area contributed by atoms with Crippen LogP contribution in [0.1, 0.15) is 23.2 Å². The van der Waals surface area contributed by atoms with E-state index in [-0.39, 0.29) is 6.04 Å². The molecule has 0 radical (unpaired) electrons. The van der Waals surface area contributed by atoms with Crippen LogP contribution in [0.25, 0.3) is 0 Å². The molecule has 18 heavy (non-hydrogen) atoms. The predicted octanol–water partition coefficient (Wildman–Crippen LogP) is 0.00260. The highest BCUT2D eigenvalue weighted by atomic mass is 16.2. The summed E-state index contributed by atoms with van der Waals surface area (Å²) in [6.07, 6.45) is 1.85. The maximum absolute atomic E-state index is 11.5. The molecule has 1 aromatic rings. The Labute approximate surface area is 104 Å². The number of hydrogen-bond acceptors (Lipinski definition) is 3. The maximum Gasteiger partial charge on any atom is 0.313 e. The molecule has 1 aliphatic rings. The van der Waals surface area contributed by atoms with Crippen molar-refractivity contribution >= 4 is 23.4 Å². The van der Waals surface area contributed by atoms with Crippen LogP contribution in [0.4, 0.5) is 5.69 Å². The zero-order chi connectivity index (χ0) is 13.1. The van der Waals surface area contributed by atoms with Gasteiger partial charge in [0.25, 0.3) is 0 Å². The van der Waals surface area contributed by atoms with E-state index in [1.165, 1.54) is 24.3 Å². The van der Waals surface area contributed by atoms with Crippen LogP contribution in [-0.4, -0.2) is 23.8 Å². The quantitative estimate of drug-likeness (QED) is 0.655. The third-order valence-corrected chi connectivity index (χ3v) is 2.55. The van der Waals surface area contributed by atoms with Gasteiger partial charge in [0.1, 0.15) is 0 Å². The van der Waals surface area contributed by atoms with Crippen LogP contribution >= 0.6 is 0 Å². The van der Waals surface area contributed by atoms with Crippen LogP contribution in [0.3, 0.4) is 0 Å². The van der Waals surface area contributed by atoms with Crippen molar-refractivity contribution < 1.29 is 14.4 Å². The Kier molecular flexibility index (Phi) is 3.27. The van der Waals surface area contributed by atoms with E-state index in [1.54, 1.807) is 0 Å². The van der Waals surface area contributed by atoms with Gasteiger partial charge in [0.2, 0.25) is 5.91 Å². The number of nitrogens with one attached hydrogen (secondary N) is 2. The van der Waals surface area contributed by atoms with Crippen LogP contribution < -0.4 is 16.4 Å². The molecule has 4 N–H and O–H groups in total. The van der Waals surface area contributed by atoms with Crippen molar-refractivity contribution in [1.29, 1.82) is 0 Å². The fourth-order valence-corrected chi connectivity index (χ4v) is 1.38. The summed E-state index contributed by atoms with van der Waals surface area (Å²) in [6.45, 7) is 0. The van der Waals surface area contributed by atoms with Crippen LogP contribution in [0.5, 0.6) is 0 Å². The van der Waals surface area contributed by atoms with E-state index in [0.717, 1.165) is 12.8 Å². The molecule has 1 saturated carbocycles. The first kappa shape index (κ1) is 12.1. The lowest BCUT2D eigenvalue weighted by molar-refractivity contribution is -0.136. The van der Waals surface area contributed by atoms with E-state index in [2.05, 4.69) is 10.6 Å². The molecular weight excluding hydrogens is 234 g/mol. The fraction of sp³-hybridized carbons (Fsp3) is 0.250. The molecule has 1 fully saturated rings. The number of anilines is 1. The minimum atomic E-state index is -0.714. The first-order valence-electron chi connectivity index (χ1n) is 5.58. The molecule has 0 atom stereocenters. The minimum absolute atomic E-state index is 0.139. The van der Waals surface area contributed by atoms with E-state index in [1.807, 2.05) is 0 Å². The highest BCUT2D eigenvalue weighted by Crippen LogP contribution is 2.18. The molecule has 0 heterocycles. The summed E-state index contributed by atoms with van der Waals surface area (Å²) in [7, 11) is 0. The molecule has 6 heteroatoms. The van der Waals surface area contributed by atoms with Gasteiger partial charge in [-0.25, -0.2) is 0 Å². The predicted molar refractivity (Wildman–Crippen MR) is 64.8 cm³/mol. The normalized spacial score (nSPS) is 13.8. The molecule has 1 aliphatic carbocycles. The molecule has 0 saturated heterocycles. The van der Waals surface area contributed by atoms with Gasteiger partial charge >= 0.3 is 11.8 Å². The van der Waals surface area contributed by atoms with Crippen molar-refractivity contribution in [3.63, 3.8) is 0 Å². The molecule has 1 aromatic carbocycles. The third-order valence-electron chi connectivity index (χ3n) is 2.55. The van der Waals surface area contributed by atoms with Gasteiger partial charge in [0.15, 0.2) is 0 Å². The average molecular weight is 247 g/mol. The smallest absolute Gasteiger partial charge is 0.313 e. The lowest BCUT2D eigenvalue weighted by Crippen LogP contribution is -2.36. The van der Waals surface area contributed by atoms with E-state index in [4.69, 9.17) is 5.73 Å². The lowest BCUT2D eigenvalue weighted by Gasteiger charge is -2.05. The van der Waals surface area contributed by atoms with E-state index in [0.29, 0.717) is 11.3 Å². The third kappa shape index (κ3) is 3.07. The van der Waals surface area contributed by atoms with Gasteiger partial charge in [-0.1, -0.05) is 0 Å². The largest absolute Gasteiger partial charge is 0.366 e. The second-order valence-electron chi connectivity index (χ2n) is 4.14. The molecule has 94 valence electrons. The van der Waals surface area contributed by atoms with Gasteiger partial charge in [0.05, 0.1) is 0 Å². The van der Waals surface area contributed by atoms with Gasteiger partial charge in [-0.2, -0.15) is 0 Å². The molecule has 0 aliphatic heterocycles. The summed E-state index contributed by atoms with van der Waals surface area (Å²) in [5, 5.41) is 5.02. The Balaban J connectivity index is 1.93. The van der Waals surface area contributed by atoms with Gasteiger partial charge in [-0.05, 0) is 37.1 Å². The summed E-state index contributed by atoms with van der Waals surface area (Å²) < 4.78 is 0. The van der Waals surface area contributed by atoms with Crippen LogP contribution in [0.15, 0.2) is 24.3 Å². The number of hydrogen-bond donors (Lipinski definition) is 3. The molecule has 0 spiro atoms. The molecule has 2 rings (SSSR count). The van der Waals surface area contributed by atoms with Crippen molar-refractivity contribution in [2.45, 2.75) is 18.9 Å². The minimum Gasteiger partial charge on any atom is -0.366 e. The van der Waals surface area contributed by atoms with Crippen LogP contribution in [0, 0.1) is 0 Å². The SMILES string of the molecule is NC(=O)c1ccc(NC(=O)C(=O)NC2CC2)cc1. The number of carbonyl (C=O) groups is 3. The Hall–Kier alpha value is -2.37. The van der Waals surface area contributed by atoms with E-state index in [9.17, 15) is 14.4 Å². The summed E-state index contributed by atoms with van der Waals surface area (Å²) in [5.74, 6) is -1.90. The van der Waals surface area contributed by atoms with Crippen LogP contribution in [-0.2, 0) is 9.59 Å². The van der Waals surface area contributed by atoms with Crippen molar-refractivity contribution in [1.82, 2.24) is 5.32 Å². The number of nitrogens with two attached hydrogens (primary N) is 1. The summed E-state index contributed by atoms with van der Waals surface area (Å²) in [5.41, 5.74) is 5.87. The fourth-order valence-electron chi connectivity index (χ4n) is 1.38. The number of benzene rings is 1. The Morgan fingerprint density at radius 2 is 1.67 bits per heavy atom. The number of rotatable bonds is 3. The van der Waals surface area contributed by atoms with Gasteiger partial charge in [-0.3, -0.25) is 14.4 Å². The number of carbonyl (C=O) groups excluding carboxylic acids is 3. The van der Waals surface area contributed by atoms with Crippen molar-refractivity contribution in [2.24, 2.45) is 5.73 Å². The Morgan fingerprint density at radius 3 is 2.17 bits per heavy atom. The second kappa shape index (κ2) is 4.87. The molecule has 3 amide bonds. The number of amides is 3. The van der Waals surface area contributed by atoms with Crippen molar-refractivity contribution in [3.8, 4) is 0 Å². The topological polar surface area (TPSA) is 101 Å². The second-order valence-corrected chi connectivity index (χ2v) is 4.14. The monoisotopic (exact) mass is 247 g/mol. The molecule has 0 bridgehead atoms. The highest BCUT2D eigenvalue weighted by Gasteiger charge is 2.26. The average Bonchev–Trinajstić information content (AvgIpc) is 3.13. The molecular formula is C12H13N3O3. The van der Waals surface area contributed by atoms with Crippen molar-refractivity contribution in [3.05, 3.63) is 29.8 Å². The Bertz CT molecular complexity index is 492. The van der Waals surface area contributed by atoms with Crippen LogP contribution in [0.2, 0.25) is 0 Å². The summed E-state index contributed by atoms with van der Waals surface area (Å²) in [4.78, 5) is 33.7. The summed E-state index contributed by atoms with van der Waals surface area (Å²) in [6, 6.07) is 6.14. The van der Waals surface area contributed by atoms with Gasteiger partial charge < -0.3 is 16.4 Å². The standard InChI is InChI=1S/C12H13N3O3/c13-10(16)7-1-3-8(4-2-7)14-11(17)12(18)15-9-5-6-9/h1-4,9H,5-6H2,(H2,13,16)(H,14,17)(H,15,18). The van der Waals surface area contributed by atoms with Gasteiger partial charge in [-0.15, -0.1) is 0 Å². The Morgan fingerprint density at radius 1 is 1.06 bits per heavy atom. The van der Waals surface area contributed by atoms with E-state index < -0.39 is 17.7 Å². The summed E-state index contributed by atoms with van der Waals surface area (Å²) >= 11 is 0. The number of primary amides is 1. The molecule has 6 nitrogen and oxygen atoms in total. The first-order valence-corrected chi connectivity index (χ1v) is 5.58. The first-order chi connectivity index (χ1) is 8.56. The van der Waals surface area contributed by atoms with E-state index >= 15 is 0 Å². The van der Waals surface area contributed by atoms with Gasteiger partial charge in [0, 0.05) is 17.3 Å². The maximum atomic E-state index is 11.5. The lowest BCUT2D eigenvalue weighted by atomic mass is 10.2. The molecule has 0 unspecified atom stereocenters. The molecule has 0 aromatic heterocycles. The zero-order valence-corrected chi connectivity index (χ0v) is 9.60. The van der Waals surface area contributed by atoms with Crippen molar-refractivity contribution in [2.75, 3.05) is 5.32 Å².